The molecule has 2 aromatic heterocycles. The monoisotopic (exact) mass is 449 g/mol. The van der Waals surface area contributed by atoms with Crippen molar-refractivity contribution in [1.82, 2.24) is 9.97 Å². The van der Waals surface area contributed by atoms with Crippen LogP contribution >= 0.6 is 0 Å². The number of methoxy groups -OCH3 is 1. The molecule has 32 heavy (non-hydrogen) atoms. The molecule has 4 N–H and O–H groups in total. The van der Waals surface area contributed by atoms with Gasteiger partial charge in [-0.05, 0) is 43.9 Å². The summed E-state index contributed by atoms with van der Waals surface area (Å²) in [4.78, 5) is 10.2. The molecule has 2 saturated carbocycles. The Balaban J connectivity index is 1.72. The molecule has 0 unspecified atom stereocenters. The zero-order chi connectivity index (χ0) is 23.1. The van der Waals surface area contributed by atoms with Gasteiger partial charge in [0.2, 0.25) is 0 Å². The second-order valence-electron chi connectivity index (χ2n) is 9.26. The highest BCUT2D eigenvalue weighted by molar-refractivity contribution is 5.82. The minimum Gasteiger partial charge on any atom is -0.394 e. The third-order valence-corrected chi connectivity index (χ3v) is 6.59. The van der Waals surface area contributed by atoms with Crippen molar-refractivity contribution in [2.24, 2.45) is 5.41 Å². The van der Waals surface area contributed by atoms with Crippen LogP contribution in [0.25, 0.3) is 11.3 Å². The Hall–Kier alpha value is -2.55. The molecule has 2 fully saturated rings. The SMILES string of the molecule is COCC1(CN(C)c2cc(-c3cc(C4CC4)nc(C(F)(F)F)c3)nc(N)c2N)CCCC1. The molecule has 0 amide bonds. The first-order chi connectivity index (χ1) is 15.1. The molecule has 2 heterocycles. The number of ether oxygens (including phenoxy) is 1. The quantitative estimate of drug-likeness (QED) is 0.628. The summed E-state index contributed by atoms with van der Waals surface area (Å²) in [5.41, 5.74) is 13.6. The summed E-state index contributed by atoms with van der Waals surface area (Å²) < 4.78 is 46.0. The van der Waals surface area contributed by atoms with Crippen LogP contribution in [0.5, 0.6) is 0 Å². The molecule has 0 bridgehead atoms. The highest BCUT2D eigenvalue weighted by atomic mass is 19.4. The smallest absolute Gasteiger partial charge is 0.394 e. The zero-order valence-corrected chi connectivity index (χ0v) is 18.5. The first-order valence-electron chi connectivity index (χ1n) is 11.0. The number of alkyl halides is 3. The van der Waals surface area contributed by atoms with E-state index in [1.807, 2.05) is 11.9 Å². The molecule has 0 spiro atoms. The van der Waals surface area contributed by atoms with Crippen LogP contribution in [-0.4, -0.2) is 37.3 Å². The molecule has 0 saturated heterocycles. The predicted octanol–water partition coefficient (Wildman–Crippen LogP) is 4.85. The molecule has 0 aliphatic heterocycles. The number of nitrogen functional groups attached to an aromatic ring is 2. The Morgan fingerprint density at radius 3 is 2.41 bits per heavy atom. The number of nitrogens with zero attached hydrogens (tertiary/aromatic N) is 3. The first kappa shape index (κ1) is 22.6. The predicted molar refractivity (Wildman–Crippen MR) is 119 cm³/mol. The fraction of sp³-hybridized carbons (Fsp3) is 0.565. The maximum atomic E-state index is 13.5. The van der Waals surface area contributed by atoms with Gasteiger partial charge in [0.1, 0.15) is 11.5 Å². The summed E-state index contributed by atoms with van der Waals surface area (Å²) in [7, 11) is 3.63. The summed E-state index contributed by atoms with van der Waals surface area (Å²) in [6.45, 7) is 1.36. The molecule has 0 atom stereocenters. The topological polar surface area (TPSA) is 90.3 Å². The molecular weight excluding hydrogens is 419 g/mol. The fourth-order valence-corrected chi connectivity index (χ4v) is 4.83. The number of anilines is 3. The molecule has 0 radical (unpaired) electrons. The standard InChI is InChI=1S/C23H30F3N5O/c1-31(12-22(13-32-2)7-3-4-8-22)18-11-17(30-21(28)20(18)27)15-9-16(14-5-6-14)29-19(10-15)23(24,25)26/h9-11,14H,3-8,12-13,27H2,1-2H3,(H2,28,30). The van der Waals surface area contributed by atoms with Gasteiger partial charge in [0.15, 0.2) is 0 Å². The van der Waals surface area contributed by atoms with E-state index >= 15 is 0 Å². The Bertz CT molecular complexity index is 984. The number of hydrogen-bond acceptors (Lipinski definition) is 6. The number of hydrogen-bond donors (Lipinski definition) is 2. The second-order valence-corrected chi connectivity index (χ2v) is 9.26. The van der Waals surface area contributed by atoms with Gasteiger partial charge in [-0.1, -0.05) is 12.8 Å². The van der Waals surface area contributed by atoms with Crippen molar-refractivity contribution in [3.8, 4) is 11.3 Å². The number of halogens is 3. The minimum absolute atomic E-state index is 0.0212. The Kier molecular flexibility index (Phi) is 5.96. The molecule has 4 rings (SSSR count). The molecule has 2 aromatic rings. The van der Waals surface area contributed by atoms with E-state index in [1.165, 1.54) is 0 Å². The highest BCUT2D eigenvalue weighted by Gasteiger charge is 2.37. The number of aromatic nitrogens is 2. The van der Waals surface area contributed by atoms with Crippen LogP contribution in [-0.2, 0) is 10.9 Å². The van der Waals surface area contributed by atoms with Crippen LogP contribution in [0.1, 0.15) is 55.8 Å². The molecule has 2 aliphatic carbocycles. The first-order valence-corrected chi connectivity index (χ1v) is 11.0. The van der Waals surface area contributed by atoms with Gasteiger partial charge < -0.3 is 21.1 Å². The lowest BCUT2D eigenvalue weighted by Gasteiger charge is -2.34. The molecule has 2 aliphatic rings. The Labute approximate surface area is 186 Å². The summed E-state index contributed by atoms with van der Waals surface area (Å²) in [6, 6.07) is 4.46. The lowest BCUT2D eigenvalue weighted by atomic mass is 9.86. The van der Waals surface area contributed by atoms with E-state index in [0.29, 0.717) is 41.5 Å². The number of pyridine rings is 2. The lowest BCUT2D eigenvalue weighted by molar-refractivity contribution is -0.141. The van der Waals surface area contributed by atoms with Gasteiger partial charge in [-0.3, -0.25) is 0 Å². The maximum absolute atomic E-state index is 13.5. The van der Waals surface area contributed by atoms with Gasteiger partial charge in [-0.2, -0.15) is 13.2 Å². The third-order valence-electron chi connectivity index (χ3n) is 6.59. The van der Waals surface area contributed by atoms with Gasteiger partial charge in [0, 0.05) is 43.3 Å². The maximum Gasteiger partial charge on any atom is 0.433 e. The van der Waals surface area contributed by atoms with E-state index in [9.17, 15) is 13.2 Å². The fourth-order valence-electron chi connectivity index (χ4n) is 4.83. The van der Waals surface area contributed by atoms with Crippen molar-refractivity contribution in [1.29, 1.82) is 0 Å². The van der Waals surface area contributed by atoms with E-state index in [4.69, 9.17) is 16.2 Å². The molecule has 0 aromatic carbocycles. The van der Waals surface area contributed by atoms with Crippen molar-refractivity contribution in [3.05, 3.63) is 29.6 Å². The lowest BCUT2D eigenvalue weighted by Crippen LogP contribution is -2.37. The number of rotatable bonds is 7. The molecular formula is C23H30F3N5O. The van der Waals surface area contributed by atoms with Crippen molar-refractivity contribution >= 4 is 17.2 Å². The Morgan fingerprint density at radius 1 is 1.12 bits per heavy atom. The largest absolute Gasteiger partial charge is 0.433 e. The van der Waals surface area contributed by atoms with E-state index in [1.54, 1.807) is 19.2 Å². The van der Waals surface area contributed by atoms with E-state index < -0.39 is 11.9 Å². The molecule has 174 valence electrons. The van der Waals surface area contributed by atoms with Crippen LogP contribution in [0.4, 0.5) is 30.4 Å². The van der Waals surface area contributed by atoms with Crippen LogP contribution < -0.4 is 16.4 Å². The van der Waals surface area contributed by atoms with Gasteiger partial charge in [-0.25, -0.2) is 9.97 Å². The van der Waals surface area contributed by atoms with Crippen molar-refractivity contribution in [3.63, 3.8) is 0 Å². The number of nitrogens with two attached hydrogens (primary N) is 2. The van der Waals surface area contributed by atoms with E-state index in [2.05, 4.69) is 9.97 Å². The van der Waals surface area contributed by atoms with Crippen LogP contribution in [0, 0.1) is 5.41 Å². The van der Waals surface area contributed by atoms with E-state index in [-0.39, 0.29) is 17.2 Å². The zero-order valence-electron chi connectivity index (χ0n) is 18.5. The summed E-state index contributed by atoms with van der Waals surface area (Å²) in [5.74, 6) is 0.176. The van der Waals surface area contributed by atoms with Gasteiger partial charge >= 0.3 is 6.18 Å². The van der Waals surface area contributed by atoms with Gasteiger partial charge in [-0.15, -0.1) is 0 Å². The summed E-state index contributed by atoms with van der Waals surface area (Å²) in [6.07, 6.45) is 1.58. The minimum atomic E-state index is -4.53. The van der Waals surface area contributed by atoms with Crippen LogP contribution in [0.15, 0.2) is 18.2 Å². The van der Waals surface area contributed by atoms with Crippen molar-refractivity contribution in [2.45, 2.75) is 50.6 Å². The highest BCUT2D eigenvalue weighted by Crippen LogP contribution is 2.44. The van der Waals surface area contributed by atoms with Crippen molar-refractivity contribution < 1.29 is 17.9 Å². The second kappa shape index (κ2) is 8.42. The van der Waals surface area contributed by atoms with Crippen LogP contribution in [0.3, 0.4) is 0 Å². The average Bonchev–Trinajstić information content (AvgIpc) is 3.49. The molecule has 9 heteroatoms. The van der Waals surface area contributed by atoms with Crippen molar-refractivity contribution in [2.75, 3.05) is 43.7 Å². The normalized spacial score (nSPS) is 18.2. The van der Waals surface area contributed by atoms with Gasteiger partial charge in [0.25, 0.3) is 0 Å². The Morgan fingerprint density at radius 2 is 1.81 bits per heavy atom. The van der Waals surface area contributed by atoms with Crippen LogP contribution in [0.2, 0.25) is 0 Å². The average molecular weight is 450 g/mol. The summed E-state index contributed by atoms with van der Waals surface area (Å²) >= 11 is 0. The third kappa shape index (κ3) is 4.62. The van der Waals surface area contributed by atoms with E-state index in [0.717, 1.165) is 44.6 Å². The summed E-state index contributed by atoms with van der Waals surface area (Å²) in [5, 5.41) is 0. The molecule has 6 nitrogen and oxygen atoms in total. The van der Waals surface area contributed by atoms with Gasteiger partial charge in [0.05, 0.1) is 23.7 Å².